The van der Waals surface area contributed by atoms with Crippen molar-refractivity contribution in [1.29, 1.82) is 5.41 Å². The fourth-order valence-corrected chi connectivity index (χ4v) is 4.24. The summed E-state index contributed by atoms with van der Waals surface area (Å²) in [6, 6.07) is 6.35. The van der Waals surface area contributed by atoms with Crippen molar-refractivity contribution in [3.8, 4) is 5.75 Å². The molecule has 0 spiro atoms. The van der Waals surface area contributed by atoms with Crippen molar-refractivity contribution < 1.29 is 18.3 Å². The van der Waals surface area contributed by atoms with Gasteiger partial charge >= 0.3 is 6.11 Å². The van der Waals surface area contributed by atoms with E-state index in [0.717, 1.165) is 69.5 Å². The first-order valence-corrected chi connectivity index (χ1v) is 13.4. The molecule has 204 valence electrons. The Labute approximate surface area is 216 Å². The van der Waals surface area contributed by atoms with Gasteiger partial charge in [-0.15, -0.1) is 0 Å². The molecule has 0 aromatic heterocycles. The summed E-state index contributed by atoms with van der Waals surface area (Å²) in [7, 11) is 0. The number of hydrogen-bond donors (Lipinski definition) is 2. The van der Waals surface area contributed by atoms with Gasteiger partial charge in [-0.05, 0) is 82.0 Å². The third-order valence-corrected chi connectivity index (χ3v) is 6.56. The van der Waals surface area contributed by atoms with Crippen LogP contribution < -0.4 is 10.1 Å². The van der Waals surface area contributed by atoms with Crippen LogP contribution in [-0.2, 0) is 4.74 Å². The minimum absolute atomic E-state index is 0.108. The molecule has 1 saturated heterocycles. The smallest absolute Gasteiger partial charge is 0.394 e. The number of likely N-dealkylation sites (tertiary alicyclic amines) is 1. The van der Waals surface area contributed by atoms with Crippen molar-refractivity contribution in [2.75, 3.05) is 44.6 Å². The highest BCUT2D eigenvalue weighted by Crippen LogP contribution is 2.23. The van der Waals surface area contributed by atoms with Gasteiger partial charge in [0.2, 0.25) is 0 Å². The zero-order chi connectivity index (χ0) is 26.6. The van der Waals surface area contributed by atoms with Crippen molar-refractivity contribution in [1.82, 2.24) is 9.80 Å². The van der Waals surface area contributed by atoms with Gasteiger partial charge in [0, 0.05) is 37.9 Å². The van der Waals surface area contributed by atoms with Gasteiger partial charge in [-0.1, -0.05) is 27.2 Å². The van der Waals surface area contributed by atoms with E-state index in [2.05, 4.69) is 40.6 Å². The van der Waals surface area contributed by atoms with Crippen molar-refractivity contribution >= 4 is 11.5 Å². The predicted octanol–water partition coefficient (Wildman–Crippen LogP) is 6.60. The molecule has 36 heavy (non-hydrogen) atoms. The van der Waals surface area contributed by atoms with E-state index in [1.165, 1.54) is 31.4 Å². The summed E-state index contributed by atoms with van der Waals surface area (Å²) in [6.45, 7) is 15.0. The second-order valence-electron chi connectivity index (χ2n) is 9.97. The van der Waals surface area contributed by atoms with Crippen LogP contribution in [0.4, 0.5) is 14.5 Å². The Bertz CT molecular complexity index is 803. The highest BCUT2D eigenvalue weighted by atomic mass is 19.3. The first kappa shape index (κ1) is 30.0. The van der Waals surface area contributed by atoms with Crippen LogP contribution in [0.3, 0.4) is 0 Å². The number of rotatable bonds is 15. The molecule has 1 fully saturated rings. The summed E-state index contributed by atoms with van der Waals surface area (Å²) in [4.78, 5) is 4.60. The van der Waals surface area contributed by atoms with E-state index in [9.17, 15) is 8.78 Å². The molecule has 1 aliphatic rings. The molecule has 0 radical (unpaired) electrons. The monoisotopic (exact) mass is 508 g/mol. The largest absolute Gasteiger partial charge is 0.433 e. The molecule has 1 aromatic carbocycles. The van der Waals surface area contributed by atoms with E-state index < -0.39 is 6.11 Å². The van der Waals surface area contributed by atoms with Gasteiger partial charge in [-0.3, -0.25) is 5.41 Å². The molecule has 0 amide bonds. The summed E-state index contributed by atoms with van der Waals surface area (Å²) in [5.41, 5.74) is 1.55. The number of nitrogens with one attached hydrogen (secondary N) is 2. The zero-order valence-electron chi connectivity index (χ0n) is 22.8. The lowest BCUT2D eigenvalue weighted by atomic mass is 10.1. The second-order valence-corrected chi connectivity index (χ2v) is 9.97. The fourth-order valence-electron chi connectivity index (χ4n) is 4.24. The Morgan fingerprint density at radius 1 is 1.19 bits per heavy atom. The lowest BCUT2D eigenvalue weighted by Crippen LogP contribution is -2.41. The predicted molar refractivity (Wildman–Crippen MR) is 144 cm³/mol. The molecule has 6 nitrogen and oxygen atoms in total. The molecule has 0 aliphatic carbocycles. The van der Waals surface area contributed by atoms with E-state index >= 15 is 0 Å². The molecule has 1 unspecified atom stereocenters. The number of ether oxygens (including phenoxy) is 2. The van der Waals surface area contributed by atoms with Crippen LogP contribution in [0.15, 0.2) is 36.0 Å². The van der Waals surface area contributed by atoms with Crippen molar-refractivity contribution in [2.24, 2.45) is 5.92 Å². The van der Waals surface area contributed by atoms with Gasteiger partial charge in [-0.25, -0.2) is 0 Å². The number of amidine groups is 1. The SMILES string of the molecule is CCCN(CCOC1CCN(C(=N)/C=C(/C)Nc2ccc(OC(C)(F)F)cc2)CC1)CCC(C)CC. The molecule has 1 aromatic rings. The van der Waals surface area contributed by atoms with Gasteiger partial charge in [0.15, 0.2) is 0 Å². The van der Waals surface area contributed by atoms with Gasteiger partial charge in [0.05, 0.1) is 12.7 Å². The lowest BCUT2D eigenvalue weighted by molar-refractivity contribution is -0.158. The molecule has 1 heterocycles. The van der Waals surface area contributed by atoms with E-state index in [1.54, 1.807) is 18.2 Å². The highest BCUT2D eigenvalue weighted by Gasteiger charge is 2.23. The van der Waals surface area contributed by atoms with Crippen LogP contribution in [0, 0.1) is 11.3 Å². The van der Waals surface area contributed by atoms with E-state index in [-0.39, 0.29) is 11.9 Å². The van der Waals surface area contributed by atoms with Crippen LogP contribution >= 0.6 is 0 Å². The Morgan fingerprint density at radius 3 is 2.44 bits per heavy atom. The average molecular weight is 509 g/mol. The van der Waals surface area contributed by atoms with Crippen LogP contribution in [0.1, 0.15) is 66.7 Å². The molecule has 8 heteroatoms. The maximum Gasteiger partial charge on any atom is 0.394 e. The van der Waals surface area contributed by atoms with Crippen LogP contribution in [-0.4, -0.2) is 67.2 Å². The first-order chi connectivity index (χ1) is 17.1. The average Bonchev–Trinajstić information content (AvgIpc) is 2.83. The number of alkyl halides is 2. The van der Waals surface area contributed by atoms with Crippen LogP contribution in [0.25, 0.3) is 0 Å². The van der Waals surface area contributed by atoms with Gasteiger partial charge in [0.1, 0.15) is 11.6 Å². The second kappa shape index (κ2) is 15.2. The molecular formula is C28H46F2N4O2. The van der Waals surface area contributed by atoms with Crippen molar-refractivity contribution in [3.63, 3.8) is 0 Å². The molecule has 0 bridgehead atoms. The number of halogens is 2. The van der Waals surface area contributed by atoms with Gasteiger partial charge in [0.25, 0.3) is 0 Å². The number of piperidine rings is 1. The topological polar surface area (TPSA) is 60.8 Å². The first-order valence-electron chi connectivity index (χ1n) is 13.4. The molecule has 1 atom stereocenters. The van der Waals surface area contributed by atoms with Crippen molar-refractivity contribution in [2.45, 2.75) is 78.9 Å². The van der Waals surface area contributed by atoms with Crippen LogP contribution in [0.5, 0.6) is 5.75 Å². The summed E-state index contributed by atoms with van der Waals surface area (Å²) in [6.07, 6.45) is 4.34. The maximum absolute atomic E-state index is 13.0. The standard InChI is InChI=1S/C28H46F2N4O2/c1-6-15-33(16-12-22(3)7-2)19-20-35-25-13-17-34(18-14-25)27(31)21-23(4)32-24-8-10-26(11-9-24)36-28(5,29)30/h8-11,21-22,25,31-32H,6-7,12-20H2,1-5H3/b23-21-,31-27?. The number of allylic oxidation sites excluding steroid dienone is 1. The van der Waals surface area contributed by atoms with Crippen LogP contribution in [0.2, 0.25) is 0 Å². The number of benzene rings is 1. The van der Waals surface area contributed by atoms with E-state index in [0.29, 0.717) is 12.8 Å². The van der Waals surface area contributed by atoms with Gasteiger partial charge in [-0.2, -0.15) is 8.78 Å². The normalized spacial score (nSPS) is 16.3. The molecule has 1 aliphatic heterocycles. The Hall–Kier alpha value is -2.19. The fraction of sp³-hybridized carbons (Fsp3) is 0.679. The third-order valence-electron chi connectivity index (χ3n) is 6.56. The lowest BCUT2D eigenvalue weighted by Gasteiger charge is -2.33. The van der Waals surface area contributed by atoms with E-state index in [1.807, 2.05) is 6.92 Å². The number of anilines is 1. The Kier molecular flexibility index (Phi) is 12.6. The summed E-state index contributed by atoms with van der Waals surface area (Å²) in [5.74, 6) is 1.34. The summed E-state index contributed by atoms with van der Waals surface area (Å²) < 4.78 is 36.7. The van der Waals surface area contributed by atoms with Gasteiger partial charge < -0.3 is 24.6 Å². The quantitative estimate of drug-likeness (QED) is 0.206. The molecule has 2 rings (SSSR count). The molecular weight excluding hydrogens is 462 g/mol. The maximum atomic E-state index is 13.0. The Balaban J connectivity index is 1.72. The zero-order valence-corrected chi connectivity index (χ0v) is 22.8. The number of hydrogen-bond acceptors (Lipinski definition) is 5. The third kappa shape index (κ3) is 11.7. The highest BCUT2D eigenvalue weighted by molar-refractivity contribution is 5.91. The molecule has 2 N–H and O–H groups in total. The summed E-state index contributed by atoms with van der Waals surface area (Å²) >= 11 is 0. The minimum Gasteiger partial charge on any atom is -0.433 e. The van der Waals surface area contributed by atoms with E-state index in [4.69, 9.17) is 10.1 Å². The van der Waals surface area contributed by atoms with Crippen molar-refractivity contribution in [3.05, 3.63) is 36.0 Å². The Morgan fingerprint density at radius 2 is 1.86 bits per heavy atom. The number of nitrogens with zero attached hydrogens (tertiary/aromatic N) is 2. The summed E-state index contributed by atoms with van der Waals surface area (Å²) in [5, 5.41) is 11.7. The molecule has 0 saturated carbocycles. The minimum atomic E-state index is -3.21.